The third-order valence-electron chi connectivity index (χ3n) is 4.69. The predicted molar refractivity (Wildman–Crippen MR) is 82.2 cm³/mol. The van der Waals surface area contributed by atoms with E-state index < -0.39 is 0 Å². The first-order chi connectivity index (χ1) is 10.6. The van der Waals surface area contributed by atoms with Gasteiger partial charge < -0.3 is 9.73 Å². The van der Waals surface area contributed by atoms with E-state index >= 15 is 0 Å². The van der Waals surface area contributed by atoms with Gasteiger partial charge in [-0.2, -0.15) is 0 Å². The quantitative estimate of drug-likeness (QED) is 0.901. The Labute approximate surface area is 131 Å². The van der Waals surface area contributed by atoms with Crippen LogP contribution in [0.2, 0.25) is 0 Å². The number of rotatable bonds is 5. The lowest BCUT2D eigenvalue weighted by Gasteiger charge is -2.30. The first-order valence-electron chi connectivity index (χ1n) is 8.47. The molecule has 0 aromatic carbocycles. The first kappa shape index (κ1) is 15.5. The molecule has 2 heterocycles. The standard InChI is InChI=1S/C16H26N4O2/c1-11(2)17-15(21)12-6-8-20(9-7-12)10-14-18-19-16(22-14)13-4-3-5-13/h11-13H,3-10H2,1-2H3,(H,17,21). The third kappa shape index (κ3) is 3.66. The number of nitrogens with zero attached hydrogens (tertiary/aromatic N) is 3. The van der Waals surface area contributed by atoms with Crippen molar-refractivity contribution in [3.05, 3.63) is 11.8 Å². The summed E-state index contributed by atoms with van der Waals surface area (Å²) in [5, 5.41) is 11.3. The fourth-order valence-electron chi connectivity index (χ4n) is 3.10. The van der Waals surface area contributed by atoms with Crippen LogP contribution in [0.1, 0.15) is 63.7 Å². The van der Waals surface area contributed by atoms with Gasteiger partial charge in [-0.05, 0) is 52.6 Å². The zero-order valence-electron chi connectivity index (χ0n) is 13.5. The zero-order chi connectivity index (χ0) is 15.5. The number of aromatic nitrogens is 2. The van der Waals surface area contributed by atoms with E-state index in [1.807, 2.05) is 13.8 Å². The molecule has 3 rings (SSSR count). The van der Waals surface area contributed by atoms with Crippen molar-refractivity contribution in [3.8, 4) is 0 Å². The Morgan fingerprint density at radius 2 is 2.00 bits per heavy atom. The number of hydrogen-bond acceptors (Lipinski definition) is 5. The minimum atomic E-state index is 0.145. The van der Waals surface area contributed by atoms with Gasteiger partial charge in [0.1, 0.15) is 0 Å². The second kappa shape index (κ2) is 6.77. The van der Waals surface area contributed by atoms with Crippen molar-refractivity contribution in [1.29, 1.82) is 0 Å². The summed E-state index contributed by atoms with van der Waals surface area (Å²) in [7, 11) is 0. The van der Waals surface area contributed by atoms with Crippen LogP contribution in [0, 0.1) is 5.92 Å². The molecule has 1 aromatic heterocycles. The first-order valence-corrected chi connectivity index (χ1v) is 8.47. The van der Waals surface area contributed by atoms with E-state index in [4.69, 9.17) is 4.42 Å². The second-order valence-electron chi connectivity index (χ2n) is 6.88. The molecule has 122 valence electrons. The lowest BCUT2D eigenvalue weighted by Crippen LogP contribution is -2.42. The molecule has 0 radical (unpaired) electrons. The highest BCUT2D eigenvalue weighted by Crippen LogP contribution is 2.35. The summed E-state index contributed by atoms with van der Waals surface area (Å²) < 4.78 is 5.77. The summed E-state index contributed by atoms with van der Waals surface area (Å²) in [6.45, 7) is 6.54. The number of amides is 1. The van der Waals surface area contributed by atoms with Crippen molar-refractivity contribution in [3.63, 3.8) is 0 Å². The van der Waals surface area contributed by atoms with E-state index in [1.165, 1.54) is 19.3 Å². The molecule has 0 unspecified atom stereocenters. The molecule has 0 spiro atoms. The van der Waals surface area contributed by atoms with Gasteiger partial charge in [0.25, 0.3) is 0 Å². The normalized spacial score (nSPS) is 21.0. The van der Waals surface area contributed by atoms with E-state index in [1.54, 1.807) is 0 Å². The Morgan fingerprint density at radius 3 is 2.59 bits per heavy atom. The molecule has 2 fully saturated rings. The average Bonchev–Trinajstić information content (AvgIpc) is 2.85. The number of carbonyl (C=O) groups is 1. The Kier molecular flexibility index (Phi) is 4.76. The second-order valence-corrected chi connectivity index (χ2v) is 6.88. The van der Waals surface area contributed by atoms with Gasteiger partial charge in [-0.25, -0.2) is 0 Å². The van der Waals surface area contributed by atoms with Crippen molar-refractivity contribution in [2.75, 3.05) is 13.1 Å². The van der Waals surface area contributed by atoms with Crippen LogP contribution in [0.4, 0.5) is 0 Å². The van der Waals surface area contributed by atoms with Gasteiger partial charge in [-0.15, -0.1) is 10.2 Å². The number of piperidine rings is 1. The average molecular weight is 306 g/mol. The minimum Gasteiger partial charge on any atom is -0.424 e. The van der Waals surface area contributed by atoms with E-state index in [0.29, 0.717) is 18.4 Å². The molecule has 1 aliphatic heterocycles. The largest absolute Gasteiger partial charge is 0.424 e. The maximum absolute atomic E-state index is 12.0. The van der Waals surface area contributed by atoms with Crippen LogP contribution < -0.4 is 5.32 Å². The van der Waals surface area contributed by atoms with Gasteiger partial charge in [0.15, 0.2) is 0 Å². The summed E-state index contributed by atoms with van der Waals surface area (Å²) in [6, 6.07) is 0.217. The van der Waals surface area contributed by atoms with Crippen LogP contribution in [0.15, 0.2) is 4.42 Å². The molecular formula is C16H26N4O2. The van der Waals surface area contributed by atoms with E-state index in [-0.39, 0.29) is 17.9 Å². The maximum Gasteiger partial charge on any atom is 0.230 e. The van der Waals surface area contributed by atoms with Crippen molar-refractivity contribution < 1.29 is 9.21 Å². The Balaban J connectivity index is 1.45. The highest BCUT2D eigenvalue weighted by molar-refractivity contribution is 5.78. The third-order valence-corrected chi connectivity index (χ3v) is 4.69. The molecule has 0 bridgehead atoms. The summed E-state index contributed by atoms with van der Waals surface area (Å²) in [5.41, 5.74) is 0. The van der Waals surface area contributed by atoms with Gasteiger partial charge in [-0.1, -0.05) is 6.42 Å². The van der Waals surface area contributed by atoms with E-state index in [9.17, 15) is 4.79 Å². The summed E-state index contributed by atoms with van der Waals surface area (Å²) in [4.78, 5) is 14.3. The molecule has 1 saturated heterocycles. The fourth-order valence-corrected chi connectivity index (χ4v) is 3.10. The van der Waals surface area contributed by atoms with Crippen LogP contribution in [-0.4, -0.2) is 40.1 Å². The molecule has 2 aliphatic rings. The van der Waals surface area contributed by atoms with Gasteiger partial charge in [0, 0.05) is 17.9 Å². The number of likely N-dealkylation sites (tertiary alicyclic amines) is 1. The lowest BCUT2D eigenvalue weighted by atomic mass is 9.85. The summed E-state index contributed by atoms with van der Waals surface area (Å²) in [6.07, 6.45) is 5.44. The smallest absolute Gasteiger partial charge is 0.230 e. The van der Waals surface area contributed by atoms with Gasteiger partial charge >= 0.3 is 0 Å². The van der Waals surface area contributed by atoms with Crippen LogP contribution in [0.25, 0.3) is 0 Å². The van der Waals surface area contributed by atoms with Gasteiger partial charge in [0.05, 0.1) is 6.54 Å². The summed E-state index contributed by atoms with van der Waals surface area (Å²) >= 11 is 0. The molecular weight excluding hydrogens is 280 g/mol. The monoisotopic (exact) mass is 306 g/mol. The molecule has 1 amide bonds. The molecule has 6 heteroatoms. The lowest BCUT2D eigenvalue weighted by molar-refractivity contribution is -0.127. The van der Waals surface area contributed by atoms with Crippen molar-refractivity contribution >= 4 is 5.91 Å². The molecule has 0 atom stereocenters. The van der Waals surface area contributed by atoms with Crippen LogP contribution in [0.3, 0.4) is 0 Å². The van der Waals surface area contributed by atoms with Crippen molar-refractivity contribution in [2.45, 2.75) is 64.5 Å². The summed E-state index contributed by atoms with van der Waals surface area (Å²) in [5.74, 6) is 2.36. The maximum atomic E-state index is 12.0. The molecule has 1 aromatic rings. The number of nitrogens with one attached hydrogen (secondary N) is 1. The Hall–Kier alpha value is -1.43. The number of hydrogen-bond donors (Lipinski definition) is 1. The molecule has 6 nitrogen and oxygen atoms in total. The predicted octanol–water partition coefficient (Wildman–Crippen LogP) is 2.07. The van der Waals surface area contributed by atoms with Crippen LogP contribution in [0.5, 0.6) is 0 Å². The fraction of sp³-hybridized carbons (Fsp3) is 0.812. The van der Waals surface area contributed by atoms with Gasteiger partial charge in [-0.3, -0.25) is 9.69 Å². The van der Waals surface area contributed by atoms with E-state index in [2.05, 4.69) is 20.4 Å². The Morgan fingerprint density at radius 1 is 1.27 bits per heavy atom. The molecule has 1 N–H and O–H groups in total. The topological polar surface area (TPSA) is 71.3 Å². The SMILES string of the molecule is CC(C)NC(=O)C1CCN(Cc2nnc(C3CCC3)o2)CC1. The van der Waals surface area contributed by atoms with Crippen molar-refractivity contribution in [2.24, 2.45) is 5.92 Å². The molecule has 22 heavy (non-hydrogen) atoms. The highest BCUT2D eigenvalue weighted by atomic mass is 16.4. The zero-order valence-corrected chi connectivity index (χ0v) is 13.5. The van der Waals surface area contributed by atoms with Crippen molar-refractivity contribution in [1.82, 2.24) is 20.4 Å². The van der Waals surface area contributed by atoms with E-state index in [0.717, 1.165) is 31.8 Å². The number of carbonyl (C=O) groups excluding carboxylic acids is 1. The van der Waals surface area contributed by atoms with Crippen LogP contribution >= 0.6 is 0 Å². The highest BCUT2D eigenvalue weighted by Gasteiger charge is 2.28. The molecule has 1 saturated carbocycles. The minimum absolute atomic E-state index is 0.145. The van der Waals surface area contributed by atoms with Gasteiger partial charge in [0.2, 0.25) is 17.7 Å². The Bertz CT molecular complexity index is 502. The molecule has 1 aliphatic carbocycles. The van der Waals surface area contributed by atoms with Crippen LogP contribution in [-0.2, 0) is 11.3 Å².